The van der Waals surface area contributed by atoms with Crippen molar-refractivity contribution in [3.63, 3.8) is 0 Å². The summed E-state index contributed by atoms with van der Waals surface area (Å²) in [6, 6.07) is 16.9. The Morgan fingerprint density at radius 3 is 2.24 bits per heavy atom. The lowest BCUT2D eigenvalue weighted by atomic mass is 9.97. The average Bonchev–Trinajstić information content (AvgIpc) is 2.62. The Morgan fingerprint density at radius 1 is 1.04 bits per heavy atom. The number of nitrogens with one attached hydrogen (secondary N) is 1. The van der Waals surface area contributed by atoms with Gasteiger partial charge in [-0.05, 0) is 36.2 Å². The molecular weight excluding hydrogens is 316 g/mol. The zero-order valence-electron chi connectivity index (χ0n) is 14.9. The van der Waals surface area contributed by atoms with Crippen LogP contribution in [0, 0.1) is 0 Å². The van der Waals surface area contributed by atoms with Gasteiger partial charge in [0.15, 0.2) is 6.61 Å². The molecule has 1 amide bonds. The van der Waals surface area contributed by atoms with Crippen LogP contribution >= 0.6 is 0 Å². The maximum absolute atomic E-state index is 12.2. The summed E-state index contributed by atoms with van der Waals surface area (Å²) in [5.74, 6) is -1.09. The lowest BCUT2D eigenvalue weighted by Crippen LogP contribution is -2.23. The molecule has 132 valence electrons. The van der Waals surface area contributed by atoms with Crippen LogP contribution in [0.15, 0.2) is 54.6 Å². The monoisotopic (exact) mass is 340 g/mol. The van der Waals surface area contributed by atoms with Crippen LogP contribution in [0.2, 0.25) is 0 Å². The lowest BCUT2D eigenvalue weighted by Gasteiger charge is -2.15. The molecule has 2 aromatic carbocycles. The van der Waals surface area contributed by atoms with E-state index in [1.165, 1.54) is 0 Å². The largest absolute Gasteiger partial charge is 0.455 e. The molecule has 25 heavy (non-hydrogen) atoms. The predicted molar refractivity (Wildman–Crippen MR) is 99.8 cm³/mol. The number of rotatable bonds is 7. The van der Waals surface area contributed by atoms with Crippen LogP contribution < -0.4 is 10.2 Å². The number of hydrogen-bond donors (Lipinski definition) is 1. The summed E-state index contributed by atoms with van der Waals surface area (Å²) in [7, 11) is 3.90. The van der Waals surface area contributed by atoms with Gasteiger partial charge in [0.05, 0.1) is 5.92 Å². The van der Waals surface area contributed by atoms with Gasteiger partial charge in [-0.2, -0.15) is 0 Å². The van der Waals surface area contributed by atoms with Crippen LogP contribution in [-0.4, -0.2) is 32.6 Å². The van der Waals surface area contributed by atoms with Gasteiger partial charge in [-0.15, -0.1) is 0 Å². The highest BCUT2D eigenvalue weighted by Gasteiger charge is 2.20. The Bertz CT molecular complexity index is 697. The number of benzene rings is 2. The number of anilines is 2. The molecule has 2 rings (SSSR count). The molecule has 0 aromatic heterocycles. The van der Waals surface area contributed by atoms with Crippen molar-refractivity contribution < 1.29 is 14.3 Å². The lowest BCUT2D eigenvalue weighted by molar-refractivity contribution is -0.149. The third-order valence-electron chi connectivity index (χ3n) is 3.91. The third kappa shape index (κ3) is 5.35. The van der Waals surface area contributed by atoms with Crippen molar-refractivity contribution in [1.29, 1.82) is 0 Å². The highest BCUT2D eigenvalue weighted by atomic mass is 16.5. The fraction of sp³-hybridized carbons (Fsp3) is 0.300. The van der Waals surface area contributed by atoms with E-state index in [9.17, 15) is 9.59 Å². The third-order valence-corrected chi connectivity index (χ3v) is 3.91. The highest BCUT2D eigenvalue weighted by molar-refractivity contribution is 5.93. The van der Waals surface area contributed by atoms with Crippen molar-refractivity contribution in [1.82, 2.24) is 0 Å². The van der Waals surface area contributed by atoms with Crippen LogP contribution in [0.5, 0.6) is 0 Å². The molecule has 1 atom stereocenters. The molecule has 0 bridgehead atoms. The molecule has 2 aromatic rings. The van der Waals surface area contributed by atoms with Gasteiger partial charge in [-0.3, -0.25) is 9.59 Å². The summed E-state index contributed by atoms with van der Waals surface area (Å²) >= 11 is 0. The van der Waals surface area contributed by atoms with E-state index in [1.54, 1.807) is 0 Å². The molecule has 0 aliphatic rings. The Labute approximate surface area is 148 Å². The summed E-state index contributed by atoms with van der Waals surface area (Å²) < 4.78 is 5.19. The Balaban J connectivity index is 1.87. The minimum atomic E-state index is -0.383. The van der Waals surface area contributed by atoms with Gasteiger partial charge in [0, 0.05) is 25.5 Å². The van der Waals surface area contributed by atoms with Crippen molar-refractivity contribution >= 4 is 23.3 Å². The molecule has 0 aliphatic heterocycles. The van der Waals surface area contributed by atoms with Gasteiger partial charge in [-0.25, -0.2) is 0 Å². The van der Waals surface area contributed by atoms with Crippen LogP contribution in [0.25, 0.3) is 0 Å². The zero-order chi connectivity index (χ0) is 18.2. The van der Waals surface area contributed by atoms with Gasteiger partial charge in [0.1, 0.15) is 0 Å². The maximum Gasteiger partial charge on any atom is 0.313 e. The number of carbonyl (C=O) groups excluding carboxylic acids is 2. The molecule has 0 saturated carbocycles. The second-order valence-electron chi connectivity index (χ2n) is 5.97. The second-order valence-corrected chi connectivity index (χ2v) is 5.97. The molecule has 0 aliphatic carbocycles. The number of amides is 1. The molecular formula is C20H24N2O3. The molecule has 0 spiro atoms. The van der Waals surface area contributed by atoms with E-state index in [0.717, 1.165) is 11.3 Å². The van der Waals surface area contributed by atoms with E-state index < -0.39 is 0 Å². The first-order valence-corrected chi connectivity index (χ1v) is 8.30. The van der Waals surface area contributed by atoms with Gasteiger partial charge < -0.3 is 15.0 Å². The van der Waals surface area contributed by atoms with Crippen LogP contribution in [0.3, 0.4) is 0 Å². The van der Waals surface area contributed by atoms with Crippen LogP contribution in [0.1, 0.15) is 24.8 Å². The average molecular weight is 340 g/mol. The SMILES string of the molecule is CC[C@@H](C(=O)OCC(=O)Nc1ccc(N(C)C)cc1)c1ccccc1. The molecule has 1 N–H and O–H groups in total. The van der Waals surface area contributed by atoms with Crippen LogP contribution in [-0.2, 0) is 14.3 Å². The normalized spacial score (nSPS) is 11.5. The van der Waals surface area contributed by atoms with Crippen LogP contribution in [0.4, 0.5) is 11.4 Å². The van der Waals surface area contributed by atoms with E-state index in [4.69, 9.17) is 4.74 Å². The van der Waals surface area contributed by atoms with E-state index in [1.807, 2.05) is 80.5 Å². The number of nitrogens with zero attached hydrogens (tertiary/aromatic N) is 1. The summed E-state index contributed by atoms with van der Waals surface area (Å²) in [4.78, 5) is 26.2. The van der Waals surface area contributed by atoms with Crippen molar-refractivity contribution in [2.45, 2.75) is 19.3 Å². The van der Waals surface area contributed by atoms with Gasteiger partial charge in [0.25, 0.3) is 5.91 Å². The topological polar surface area (TPSA) is 58.6 Å². The number of hydrogen-bond acceptors (Lipinski definition) is 4. The summed E-state index contributed by atoms with van der Waals surface area (Å²) in [6.07, 6.45) is 0.621. The molecule has 0 unspecified atom stereocenters. The van der Waals surface area contributed by atoms with E-state index in [0.29, 0.717) is 12.1 Å². The van der Waals surface area contributed by atoms with Crippen molar-refractivity contribution in [2.24, 2.45) is 0 Å². The Morgan fingerprint density at radius 2 is 1.68 bits per heavy atom. The highest BCUT2D eigenvalue weighted by Crippen LogP contribution is 2.21. The van der Waals surface area contributed by atoms with E-state index in [-0.39, 0.29) is 24.4 Å². The van der Waals surface area contributed by atoms with E-state index in [2.05, 4.69) is 5.32 Å². The smallest absolute Gasteiger partial charge is 0.313 e. The number of esters is 1. The fourth-order valence-corrected chi connectivity index (χ4v) is 2.50. The maximum atomic E-state index is 12.2. The van der Waals surface area contributed by atoms with Gasteiger partial charge in [0.2, 0.25) is 0 Å². The number of ether oxygens (including phenoxy) is 1. The Kier molecular flexibility index (Phi) is 6.57. The first-order valence-electron chi connectivity index (χ1n) is 8.30. The fourth-order valence-electron chi connectivity index (χ4n) is 2.50. The quantitative estimate of drug-likeness (QED) is 0.785. The minimum Gasteiger partial charge on any atom is -0.455 e. The van der Waals surface area contributed by atoms with Crippen molar-refractivity contribution in [3.05, 3.63) is 60.2 Å². The predicted octanol–water partition coefficient (Wildman–Crippen LogP) is 3.43. The first-order chi connectivity index (χ1) is 12.0. The van der Waals surface area contributed by atoms with Gasteiger partial charge >= 0.3 is 5.97 Å². The molecule has 0 heterocycles. The summed E-state index contributed by atoms with van der Waals surface area (Å²) in [5.41, 5.74) is 2.61. The van der Waals surface area contributed by atoms with Gasteiger partial charge in [-0.1, -0.05) is 37.3 Å². The van der Waals surface area contributed by atoms with Crippen molar-refractivity contribution in [3.8, 4) is 0 Å². The minimum absolute atomic E-state index is 0.294. The Hall–Kier alpha value is -2.82. The molecule has 5 nitrogen and oxygen atoms in total. The number of carbonyl (C=O) groups is 2. The first kappa shape index (κ1) is 18.5. The summed E-state index contributed by atoms with van der Waals surface area (Å²) in [6.45, 7) is 1.63. The molecule has 0 saturated heterocycles. The second kappa shape index (κ2) is 8.87. The molecule has 0 radical (unpaired) electrons. The zero-order valence-corrected chi connectivity index (χ0v) is 14.9. The molecule has 0 fully saturated rings. The summed E-state index contributed by atoms with van der Waals surface area (Å²) in [5, 5.41) is 2.73. The van der Waals surface area contributed by atoms with E-state index >= 15 is 0 Å². The van der Waals surface area contributed by atoms with Crippen molar-refractivity contribution in [2.75, 3.05) is 30.9 Å². The molecule has 5 heteroatoms. The standard InChI is InChI=1S/C20H24N2O3/c1-4-18(15-8-6-5-7-9-15)20(24)25-14-19(23)21-16-10-12-17(13-11-16)22(2)3/h5-13,18H,4,14H2,1-3H3,(H,21,23)/t18-/m1/s1.